The van der Waals surface area contributed by atoms with Gasteiger partial charge in [-0.15, -0.1) is 90.7 Å². The summed E-state index contributed by atoms with van der Waals surface area (Å²) in [5, 5.41) is 13.7. The van der Waals surface area contributed by atoms with E-state index in [9.17, 15) is 0 Å². The third-order valence-electron chi connectivity index (χ3n) is 9.60. The fourth-order valence-corrected chi connectivity index (χ4v) is 15.5. The Morgan fingerprint density at radius 2 is 0.635 bits per heavy atom. The van der Waals surface area contributed by atoms with Crippen LogP contribution < -0.4 is 0 Å². The predicted molar refractivity (Wildman–Crippen MR) is 234 cm³/mol. The first kappa shape index (κ1) is 30.6. The molecule has 0 aliphatic rings. The van der Waals surface area contributed by atoms with E-state index in [0.29, 0.717) is 9.75 Å². The number of halogens is 2. The molecule has 0 radical (unpaired) electrons. The second-order valence-electron chi connectivity index (χ2n) is 12.8. The summed E-state index contributed by atoms with van der Waals surface area (Å²) in [6.45, 7) is 0. The molecule has 0 spiro atoms. The van der Waals surface area contributed by atoms with Gasteiger partial charge in [-0.05, 0) is 151 Å². The van der Waals surface area contributed by atoms with E-state index in [4.69, 9.17) is 0 Å². The Morgan fingerprint density at radius 1 is 0.288 bits per heavy atom. The van der Waals surface area contributed by atoms with E-state index in [0.717, 1.165) is 40.0 Å². The molecule has 0 atom stereocenters. The maximum atomic E-state index is 15.5. The molecule has 0 nitrogen and oxygen atoms in total. The molecule has 12 rings (SSSR count). The van der Waals surface area contributed by atoms with Gasteiger partial charge in [0.25, 0.3) is 0 Å². The van der Waals surface area contributed by atoms with Gasteiger partial charge in [-0.2, -0.15) is 0 Å². The van der Waals surface area contributed by atoms with Gasteiger partial charge in [0.1, 0.15) is 11.6 Å². The summed E-state index contributed by atoms with van der Waals surface area (Å²) in [6, 6.07) is 34.2. The van der Waals surface area contributed by atoms with E-state index in [-0.39, 0.29) is 11.6 Å². The van der Waals surface area contributed by atoms with Crippen molar-refractivity contribution in [3.63, 3.8) is 0 Å². The van der Waals surface area contributed by atoms with E-state index in [1.165, 1.54) is 83.2 Å². The van der Waals surface area contributed by atoms with Crippen LogP contribution in [0.4, 0.5) is 8.78 Å². The van der Waals surface area contributed by atoms with Crippen LogP contribution in [0.15, 0.2) is 108 Å². The third kappa shape index (κ3) is 4.79. The lowest BCUT2D eigenvalue weighted by atomic mass is 10.1. The molecule has 0 aliphatic carbocycles. The zero-order chi connectivity index (χ0) is 34.2. The number of fused-ring (bicyclic) bond motifs is 7. The van der Waals surface area contributed by atoms with Crippen molar-refractivity contribution in [1.82, 2.24) is 0 Å². The van der Waals surface area contributed by atoms with E-state index >= 15 is 8.78 Å². The topological polar surface area (TPSA) is 0 Å². The summed E-state index contributed by atoms with van der Waals surface area (Å²) >= 11 is 13.3. The average Bonchev–Trinajstić information content (AvgIpc) is 3.98. The van der Waals surface area contributed by atoms with Crippen LogP contribution in [0.2, 0.25) is 0 Å². The summed E-state index contributed by atoms with van der Waals surface area (Å²) in [5.74, 6) is -0.318. The molecule has 0 saturated carbocycles. The summed E-state index contributed by atoms with van der Waals surface area (Å²) in [7, 11) is 0. The number of benzene rings is 4. The van der Waals surface area contributed by atoms with Crippen molar-refractivity contribution in [2.24, 2.45) is 0 Å². The van der Waals surface area contributed by atoms with Crippen LogP contribution in [-0.2, 0) is 0 Å². The molecule has 0 N–H and O–H groups in total. The van der Waals surface area contributed by atoms with E-state index < -0.39 is 0 Å². The highest BCUT2D eigenvalue weighted by Gasteiger charge is 2.19. The van der Waals surface area contributed by atoms with Crippen molar-refractivity contribution in [3.05, 3.63) is 119 Å². The zero-order valence-electron chi connectivity index (χ0n) is 26.4. The molecule has 0 saturated heterocycles. The summed E-state index contributed by atoms with van der Waals surface area (Å²) in [5.41, 5.74) is 0. The standard InChI is InChI=1S/C42H18F2S8/c43-27-17-37(51-41(27)39-15-25-11-29-19(1-3-45-29)7-31(25)49-39)35-13-23-5-21-10-34-24(6-22(21)9-33(23)47-35)14-36(48-34)38-18-28(44)42(52-38)40-16-26-12-30-20(2-4-46-30)8-32(26)50-40/h1-18H. The van der Waals surface area contributed by atoms with Crippen molar-refractivity contribution in [1.29, 1.82) is 0 Å². The molecule has 52 heavy (non-hydrogen) atoms. The fourth-order valence-electron chi connectivity index (χ4n) is 7.10. The highest BCUT2D eigenvalue weighted by Crippen LogP contribution is 2.48. The van der Waals surface area contributed by atoms with Crippen molar-refractivity contribution < 1.29 is 8.78 Å². The highest BCUT2D eigenvalue weighted by molar-refractivity contribution is 7.31. The van der Waals surface area contributed by atoms with Crippen molar-refractivity contribution >= 4 is 162 Å². The van der Waals surface area contributed by atoms with E-state index in [2.05, 4.69) is 95.7 Å². The van der Waals surface area contributed by atoms with Crippen molar-refractivity contribution in [2.75, 3.05) is 0 Å². The molecule has 4 aromatic carbocycles. The Labute approximate surface area is 326 Å². The lowest BCUT2D eigenvalue weighted by Gasteiger charge is -1.99. The second-order valence-corrected chi connectivity index (χ2v) is 21.2. The maximum absolute atomic E-state index is 15.5. The van der Waals surface area contributed by atoms with Gasteiger partial charge >= 0.3 is 0 Å². The normalized spacial score (nSPS) is 12.4. The van der Waals surface area contributed by atoms with Gasteiger partial charge in [0.15, 0.2) is 0 Å². The smallest absolute Gasteiger partial charge is 0.143 e. The van der Waals surface area contributed by atoms with Crippen LogP contribution in [0.3, 0.4) is 0 Å². The van der Waals surface area contributed by atoms with Crippen molar-refractivity contribution in [2.45, 2.75) is 0 Å². The van der Waals surface area contributed by atoms with Crippen LogP contribution in [-0.4, -0.2) is 0 Å². The molecule has 0 aliphatic heterocycles. The molecule has 248 valence electrons. The number of thiophene rings is 8. The molecule has 12 aromatic rings. The van der Waals surface area contributed by atoms with Crippen LogP contribution in [0.5, 0.6) is 0 Å². The lowest BCUT2D eigenvalue weighted by Crippen LogP contribution is -1.72. The number of hydrogen-bond donors (Lipinski definition) is 0. The molecule has 8 heterocycles. The Morgan fingerprint density at radius 3 is 1.10 bits per heavy atom. The minimum Gasteiger partial charge on any atom is -0.205 e. The number of hydrogen-bond acceptors (Lipinski definition) is 8. The zero-order valence-corrected chi connectivity index (χ0v) is 32.9. The first-order chi connectivity index (χ1) is 25.5. The number of rotatable bonds is 4. The molecule has 0 amide bonds. The minimum absolute atomic E-state index is 0.159. The third-order valence-corrected chi connectivity index (χ3v) is 18.7. The SMILES string of the molecule is Fc1cc(-c2cc3cc4cc5sc(-c6cc(F)c(-c7cc8cc9sccc9cc8s7)s6)cc5cc4cc3s2)sc1-c1cc2cc3sccc3cc2s1. The molecule has 8 aromatic heterocycles. The van der Waals surface area contributed by atoms with Crippen LogP contribution >= 0.6 is 90.7 Å². The lowest BCUT2D eigenvalue weighted by molar-refractivity contribution is 0.636. The van der Waals surface area contributed by atoms with Crippen LogP contribution in [0, 0.1) is 11.6 Å². The summed E-state index contributed by atoms with van der Waals surface area (Å²) in [4.78, 5) is 7.46. The van der Waals surface area contributed by atoms with Crippen molar-refractivity contribution in [3.8, 4) is 39.0 Å². The van der Waals surface area contributed by atoms with Gasteiger partial charge in [-0.25, -0.2) is 8.78 Å². The summed E-state index contributed by atoms with van der Waals surface area (Å²) < 4.78 is 38.2. The largest absolute Gasteiger partial charge is 0.205 e. The molecular formula is C42H18F2S8. The Hall–Kier alpha value is -3.84. The molecule has 0 bridgehead atoms. The van der Waals surface area contributed by atoms with Gasteiger partial charge < -0.3 is 0 Å². The molecule has 10 heteroatoms. The van der Waals surface area contributed by atoms with Gasteiger partial charge in [-0.3, -0.25) is 0 Å². The monoisotopic (exact) mass is 816 g/mol. The molecule has 0 unspecified atom stereocenters. The fraction of sp³-hybridized carbons (Fsp3) is 0. The van der Waals surface area contributed by atoms with Gasteiger partial charge in [0.2, 0.25) is 0 Å². The first-order valence-electron chi connectivity index (χ1n) is 16.3. The summed E-state index contributed by atoms with van der Waals surface area (Å²) in [6.07, 6.45) is 0. The highest BCUT2D eigenvalue weighted by atomic mass is 32.1. The maximum Gasteiger partial charge on any atom is 0.143 e. The quantitative estimate of drug-likeness (QED) is 0.166. The van der Waals surface area contributed by atoms with Gasteiger partial charge in [0.05, 0.1) is 9.75 Å². The Bertz CT molecular complexity index is 3010. The van der Waals surface area contributed by atoms with E-state index in [1.807, 2.05) is 0 Å². The van der Waals surface area contributed by atoms with Crippen LogP contribution in [0.25, 0.3) is 110 Å². The first-order valence-corrected chi connectivity index (χ1v) is 22.9. The molecule has 0 fully saturated rings. The van der Waals surface area contributed by atoms with Gasteiger partial charge in [-0.1, -0.05) is 0 Å². The second kappa shape index (κ2) is 11.3. The Kier molecular flexibility index (Phi) is 6.67. The predicted octanol–water partition coefficient (Wildman–Crippen LogP) is 17.2. The average molecular weight is 817 g/mol. The van der Waals surface area contributed by atoms with E-state index in [1.54, 1.807) is 80.2 Å². The van der Waals surface area contributed by atoms with Crippen LogP contribution in [0.1, 0.15) is 0 Å². The Balaban J connectivity index is 0.874. The molecular weight excluding hydrogens is 799 g/mol. The van der Waals surface area contributed by atoms with Gasteiger partial charge in [0, 0.05) is 57.5 Å². The minimum atomic E-state index is -0.159.